The lowest BCUT2D eigenvalue weighted by molar-refractivity contribution is -0.384. The quantitative estimate of drug-likeness (QED) is 0.350. The topological polar surface area (TPSA) is 79.6 Å². The Hall–Kier alpha value is -2.11. The van der Waals surface area contributed by atoms with E-state index in [1.165, 1.54) is 12.1 Å². The number of benzene rings is 1. The van der Waals surface area contributed by atoms with Crippen LogP contribution in [0.5, 0.6) is 0 Å². The molecule has 0 aliphatic rings. The van der Waals surface area contributed by atoms with E-state index in [-0.39, 0.29) is 5.69 Å². The summed E-state index contributed by atoms with van der Waals surface area (Å²) in [5, 5.41) is 17.1. The smallest absolute Gasteiger partial charge is 0.269 e. The number of hydrogen-bond donors (Lipinski definition) is 2. The first-order valence-electron chi connectivity index (χ1n) is 7.28. The number of nitrogens with one attached hydrogen (secondary N) is 2. The van der Waals surface area contributed by atoms with Crippen molar-refractivity contribution in [2.45, 2.75) is 33.2 Å². The van der Waals surface area contributed by atoms with Crippen LogP contribution in [-0.2, 0) is 6.54 Å². The zero-order valence-electron chi connectivity index (χ0n) is 12.9. The normalized spacial score (nSPS) is 11.5. The van der Waals surface area contributed by atoms with Gasteiger partial charge in [-0.2, -0.15) is 0 Å². The van der Waals surface area contributed by atoms with Crippen LogP contribution >= 0.6 is 0 Å². The summed E-state index contributed by atoms with van der Waals surface area (Å²) in [6.07, 6.45) is 2.28. The molecule has 0 amide bonds. The standard InChI is InChI=1S/C15H24N4O2/c1-4-12(5-2)10-17-15(16-3)18-11-13-6-8-14(9-7-13)19(20)21/h6-9,12H,4-5,10-11H2,1-3H3,(H2,16,17,18). The highest BCUT2D eigenvalue weighted by atomic mass is 16.6. The Labute approximate surface area is 125 Å². The monoisotopic (exact) mass is 292 g/mol. The van der Waals surface area contributed by atoms with Crippen LogP contribution in [0.2, 0.25) is 0 Å². The van der Waals surface area contributed by atoms with Crippen LogP contribution in [0.3, 0.4) is 0 Å². The van der Waals surface area contributed by atoms with Crippen molar-refractivity contribution in [3.8, 4) is 0 Å². The summed E-state index contributed by atoms with van der Waals surface area (Å²) < 4.78 is 0. The molecular weight excluding hydrogens is 268 g/mol. The van der Waals surface area contributed by atoms with E-state index in [0.29, 0.717) is 12.5 Å². The van der Waals surface area contributed by atoms with Gasteiger partial charge in [0.25, 0.3) is 5.69 Å². The molecule has 2 N–H and O–H groups in total. The van der Waals surface area contributed by atoms with Crippen molar-refractivity contribution in [2.24, 2.45) is 10.9 Å². The molecule has 0 heterocycles. The number of hydrogen-bond acceptors (Lipinski definition) is 3. The molecule has 0 unspecified atom stereocenters. The van der Waals surface area contributed by atoms with Gasteiger partial charge in [-0.25, -0.2) is 0 Å². The molecule has 0 aliphatic carbocycles. The largest absolute Gasteiger partial charge is 0.356 e. The van der Waals surface area contributed by atoms with Gasteiger partial charge in [0.15, 0.2) is 5.96 Å². The van der Waals surface area contributed by atoms with Gasteiger partial charge in [-0.05, 0) is 11.5 Å². The van der Waals surface area contributed by atoms with Crippen LogP contribution in [-0.4, -0.2) is 24.5 Å². The molecule has 1 aromatic carbocycles. The minimum atomic E-state index is -0.396. The van der Waals surface area contributed by atoms with E-state index in [0.717, 1.165) is 30.9 Å². The lowest BCUT2D eigenvalue weighted by Gasteiger charge is -2.16. The van der Waals surface area contributed by atoms with E-state index in [1.54, 1.807) is 19.2 Å². The zero-order valence-corrected chi connectivity index (χ0v) is 12.9. The first-order chi connectivity index (χ1) is 10.1. The van der Waals surface area contributed by atoms with Crippen molar-refractivity contribution in [2.75, 3.05) is 13.6 Å². The number of nitro groups is 1. The Kier molecular flexibility index (Phi) is 7.21. The second kappa shape index (κ2) is 8.94. The summed E-state index contributed by atoms with van der Waals surface area (Å²) in [6.45, 7) is 5.85. The van der Waals surface area contributed by atoms with E-state index in [9.17, 15) is 10.1 Å². The maximum Gasteiger partial charge on any atom is 0.269 e. The van der Waals surface area contributed by atoms with Gasteiger partial charge in [0, 0.05) is 32.3 Å². The van der Waals surface area contributed by atoms with E-state index in [1.807, 2.05) is 0 Å². The molecule has 0 aromatic heterocycles. The van der Waals surface area contributed by atoms with Gasteiger partial charge in [-0.15, -0.1) is 0 Å². The van der Waals surface area contributed by atoms with Gasteiger partial charge in [0.05, 0.1) is 4.92 Å². The summed E-state index contributed by atoms with van der Waals surface area (Å²) in [5.41, 5.74) is 1.08. The Morgan fingerprint density at radius 3 is 2.33 bits per heavy atom. The number of nitrogens with zero attached hydrogens (tertiary/aromatic N) is 2. The molecule has 21 heavy (non-hydrogen) atoms. The predicted octanol–water partition coefficient (Wildman–Crippen LogP) is 2.70. The minimum absolute atomic E-state index is 0.106. The molecule has 0 fully saturated rings. The number of non-ortho nitro benzene ring substituents is 1. The van der Waals surface area contributed by atoms with E-state index < -0.39 is 4.92 Å². The number of aliphatic imine (C=N–C) groups is 1. The SMILES string of the molecule is CCC(CC)CNC(=NC)NCc1ccc([N+](=O)[O-])cc1. The first-order valence-corrected chi connectivity index (χ1v) is 7.28. The second-order valence-electron chi connectivity index (χ2n) is 4.91. The summed E-state index contributed by atoms with van der Waals surface area (Å²) in [4.78, 5) is 14.4. The number of rotatable bonds is 7. The number of guanidine groups is 1. The molecule has 116 valence electrons. The molecule has 0 radical (unpaired) electrons. The van der Waals surface area contributed by atoms with E-state index in [4.69, 9.17) is 0 Å². The van der Waals surface area contributed by atoms with Gasteiger partial charge < -0.3 is 10.6 Å². The van der Waals surface area contributed by atoms with E-state index >= 15 is 0 Å². The second-order valence-corrected chi connectivity index (χ2v) is 4.91. The molecular formula is C15H24N4O2. The predicted molar refractivity (Wildman–Crippen MR) is 85.4 cm³/mol. The maximum absolute atomic E-state index is 10.6. The molecule has 6 nitrogen and oxygen atoms in total. The summed E-state index contributed by atoms with van der Waals surface area (Å²) >= 11 is 0. The fourth-order valence-electron chi connectivity index (χ4n) is 1.96. The van der Waals surface area contributed by atoms with Gasteiger partial charge in [-0.1, -0.05) is 38.8 Å². The van der Waals surface area contributed by atoms with E-state index in [2.05, 4.69) is 29.5 Å². The highest BCUT2D eigenvalue weighted by Gasteiger charge is 2.06. The van der Waals surface area contributed by atoms with Crippen LogP contribution in [0.25, 0.3) is 0 Å². The summed E-state index contributed by atoms with van der Waals surface area (Å²) in [6, 6.07) is 6.52. The van der Waals surface area contributed by atoms with Crippen molar-refractivity contribution < 1.29 is 4.92 Å². The molecule has 6 heteroatoms. The van der Waals surface area contributed by atoms with Gasteiger partial charge >= 0.3 is 0 Å². The highest BCUT2D eigenvalue weighted by Crippen LogP contribution is 2.11. The summed E-state index contributed by atoms with van der Waals surface area (Å²) in [5.74, 6) is 1.39. The highest BCUT2D eigenvalue weighted by molar-refractivity contribution is 5.79. The molecule has 0 spiro atoms. The lowest BCUT2D eigenvalue weighted by Crippen LogP contribution is -2.39. The maximum atomic E-state index is 10.6. The fourth-order valence-corrected chi connectivity index (χ4v) is 1.96. The first kappa shape index (κ1) is 16.9. The molecule has 0 aliphatic heterocycles. The number of nitro benzene ring substituents is 1. The van der Waals surface area contributed by atoms with Gasteiger partial charge in [-0.3, -0.25) is 15.1 Å². The average Bonchev–Trinajstić information content (AvgIpc) is 2.51. The Balaban J connectivity index is 2.46. The molecule has 0 saturated heterocycles. The molecule has 0 bridgehead atoms. The summed E-state index contributed by atoms with van der Waals surface area (Å²) in [7, 11) is 1.73. The molecule has 0 atom stereocenters. The van der Waals surface area contributed by atoms with Crippen molar-refractivity contribution in [1.82, 2.24) is 10.6 Å². The van der Waals surface area contributed by atoms with Gasteiger partial charge in [0.1, 0.15) is 0 Å². The Morgan fingerprint density at radius 1 is 1.24 bits per heavy atom. The molecule has 1 aromatic rings. The zero-order chi connectivity index (χ0) is 15.7. The van der Waals surface area contributed by atoms with Gasteiger partial charge in [0.2, 0.25) is 0 Å². The van der Waals surface area contributed by atoms with Crippen LogP contribution in [0.4, 0.5) is 5.69 Å². The third kappa shape index (κ3) is 5.81. The van der Waals surface area contributed by atoms with Crippen LogP contribution in [0, 0.1) is 16.0 Å². The van der Waals surface area contributed by atoms with Crippen LogP contribution < -0.4 is 10.6 Å². The van der Waals surface area contributed by atoms with Crippen molar-refractivity contribution in [3.05, 3.63) is 39.9 Å². The van der Waals surface area contributed by atoms with Crippen molar-refractivity contribution in [3.63, 3.8) is 0 Å². The van der Waals surface area contributed by atoms with Crippen LogP contribution in [0.1, 0.15) is 32.3 Å². The molecule has 0 saturated carbocycles. The molecule has 1 rings (SSSR count). The van der Waals surface area contributed by atoms with Crippen LogP contribution in [0.15, 0.2) is 29.3 Å². The third-order valence-corrected chi connectivity index (χ3v) is 3.54. The third-order valence-electron chi connectivity index (χ3n) is 3.54. The average molecular weight is 292 g/mol. The minimum Gasteiger partial charge on any atom is -0.356 e. The lowest BCUT2D eigenvalue weighted by atomic mass is 10.0. The van der Waals surface area contributed by atoms with Crippen molar-refractivity contribution in [1.29, 1.82) is 0 Å². The Bertz CT molecular complexity index is 467. The Morgan fingerprint density at radius 2 is 1.86 bits per heavy atom. The van der Waals surface area contributed by atoms with Crippen molar-refractivity contribution >= 4 is 11.6 Å². The fraction of sp³-hybridized carbons (Fsp3) is 0.533.